The van der Waals surface area contributed by atoms with Gasteiger partial charge in [-0.3, -0.25) is 0 Å². The van der Waals surface area contributed by atoms with E-state index in [1.165, 1.54) is 25.9 Å². The van der Waals surface area contributed by atoms with E-state index >= 15 is 0 Å². The monoisotopic (exact) mass is 291 g/mol. The molecule has 0 bridgehead atoms. The Morgan fingerprint density at radius 3 is 2.38 bits per heavy atom. The molecule has 0 amide bonds. The Hall–Kier alpha value is -1.36. The quantitative estimate of drug-likeness (QED) is 0.873. The van der Waals surface area contributed by atoms with E-state index in [4.69, 9.17) is 0 Å². The van der Waals surface area contributed by atoms with Crippen LogP contribution in [-0.2, 0) is 6.42 Å². The van der Waals surface area contributed by atoms with Gasteiger partial charge in [0.2, 0.25) is 0 Å². The molecule has 1 saturated heterocycles. The van der Waals surface area contributed by atoms with Crippen LogP contribution < -0.4 is 10.6 Å². The van der Waals surface area contributed by atoms with Crippen LogP contribution in [0.15, 0.2) is 0 Å². The molecule has 0 radical (unpaired) electrons. The summed E-state index contributed by atoms with van der Waals surface area (Å²) < 4.78 is 0. The zero-order valence-electron chi connectivity index (χ0n) is 14.1. The second-order valence-corrected chi connectivity index (χ2v) is 6.53. The summed E-state index contributed by atoms with van der Waals surface area (Å²) in [4.78, 5) is 11.6. The van der Waals surface area contributed by atoms with E-state index in [-0.39, 0.29) is 0 Å². The molecule has 21 heavy (non-hydrogen) atoms. The van der Waals surface area contributed by atoms with Crippen LogP contribution in [0, 0.1) is 12.3 Å². The van der Waals surface area contributed by atoms with Gasteiger partial charge in [-0.1, -0.05) is 13.8 Å². The van der Waals surface area contributed by atoms with Crippen molar-refractivity contribution in [1.29, 1.82) is 0 Å². The maximum absolute atomic E-state index is 4.66. The summed E-state index contributed by atoms with van der Waals surface area (Å²) in [7, 11) is 4.12. The van der Waals surface area contributed by atoms with E-state index in [1.54, 1.807) is 0 Å². The standard InChI is InChI=1S/C16H29N5/c1-6-13-19-14(17-4)12(2)15(20-13)18-11-16(3)7-9-21(5)10-8-16/h6-11H2,1-5H3,(H2,17,18,19,20). The van der Waals surface area contributed by atoms with Crippen molar-refractivity contribution in [1.82, 2.24) is 14.9 Å². The maximum Gasteiger partial charge on any atom is 0.134 e. The predicted molar refractivity (Wildman–Crippen MR) is 89.0 cm³/mol. The molecule has 1 aromatic heterocycles. The highest BCUT2D eigenvalue weighted by Gasteiger charge is 2.29. The van der Waals surface area contributed by atoms with Crippen LogP contribution >= 0.6 is 0 Å². The zero-order valence-corrected chi connectivity index (χ0v) is 14.1. The highest BCUT2D eigenvalue weighted by atomic mass is 15.1. The first-order valence-corrected chi connectivity index (χ1v) is 7.95. The topological polar surface area (TPSA) is 53.1 Å². The Morgan fingerprint density at radius 2 is 1.81 bits per heavy atom. The number of hydrogen-bond donors (Lipinski definition) is 2. The number of piperidine rings is 1. The van der Waals surface area contributed by atoms with Crippen molar-refractivity contribution in [2.24, 2.45) is 5.41 Å². The summed E-state index contributed by atoms with van der Waals surface area (Å²) in [6.07, 6.45) is 3.33. The molecule has 5 heteroatoms. The lowest BCUT2D eigenvalue weighted by atomic mass is 9.80. The number of hydrogen-bond acceptors (Lipinski definition) is 5. The van der Waals surface area contributed by atoms with E-state index < -0.39 is 0 Å². The molecule has 0 atom stereocenters. The van der Waals surface area contributed by atoms with E-state index in [2.05, 4.69) is 53.3 Å². The first-order valence-electron chi connectivity index (χ1n) is 7.95. The lowest BCUT2D eigenvalue weighted by Gasteiger charge is -2.38. The number of nitrogens with one attached hydrogen (secondary N) is 2. The summed E-state index contributed by atoms with van der Waals surface area (Å²) in [5.41, 5.74) is 1.46. The van der Waals surface area contributed by atoms with Crippen molar-refractivity contribution in [2.75, 3.05) is 44.4 Å². The molecule has 2 heterocycles. The van der Waals surface area contributed by atoms with E-state index in [1.807, 2.05) is 7.05 Å². The molecule has 2 rings (SSSR count). The van der Waals surface area contributed by atoms with Crippen LogP contribution in [-0.4, -0.2) is 48.6 Å². The highest BCUT2D eigenvalue weighted by molar-refractivity contribution is 5.57. The third kappa shape index (κ3) is 3.84. The number of rotatable bonds is 5. The minimum absolute atomic E-state index is 0.357. The largest absolute Gasteiger partial charge is 0.373 e. The molecule has 1 aromatic rings. The third-order valence-electron chi connectivity index (χ3n) is 4.62. The normalized spacial score (nSPS) is 18.5. The average Bonchev–Trinajstić information content (AvgIpc) is 2.49. The molecule has 1 aliphatic heterocycles. The summed E-state index contributed by atoms with van der Waals surface area (Å²) in [5.74, 6) is 2.80. The van der Waals surface area contributed by atoms with Crippen molar-refractivity contribution in [2.45, 2.75) is 40.0 Å². The van der Waals surface area contributed by atoms with Crippen LogP contribution in [0.2, 0.25) is 0 Å². The molecule has 1 fully saturated rings. The molecule has 0 aromatic carbocycles. The Labute approximate surface area is 128 Å². The van der Waals surface area contributed by atoms with Gasteiger partial charge in [-0.25, -0.2) is 9.97 Å². The van der Waals surface area contributed by atoms with Crippen LogP contribution in [0.1, 0.15) is 38.1 Å². The van der Waals surface area contributed by atoms with Gasteiger partial charge < -0.3 is 15.5 Å². The van der Waals surface area contributed by atoms with Crippen molar-refractivity contribution < 1.29 is 0 Å². The molecule has 2 N–H and O–H groups in total. The van der Waals surface area contributed by atoms with E-state index in [9.17, 15) is 0 Å². The summed E-state index contributed by atoms with van der Waals surface area (Å²) in [6.45, 7) is 9.89. The fourth-order valence-electron chi connectivity index (χ4n) is 2.77. The van der Waals surface area contributed by atoms with Crippen LogP contribution in [0.5, 0.6) is 0 Å². The Morgan fingerprint density at radius 1 is 1.19 bits per heavy atom. The summed E-state index contributed by atoms with van der Waals surface area (Å²) in [6, 6.07) is 0. The minimum Gasteiger partial charge on any atom is -0.373 e. The fraction of sp³-hybridized carbons (Fsp3) is 0.750. The van der Waals surface area contributed by atoms with Gasteiger partial charge >= 0.3 is 0 Å². The van der Waals surface area contributed by atoms with E-state index in [0.717, 1.165) is 36.0 Å². The second kappa shape index (κ2) is 6.60. The number of anilines is 2. The second-order valence-electron chi connectivity index (χ2n) is 6.53. The smallest absolute Gasteiger partial charge is 0.134 e. The molecular formula is C16H29N5. The first kappa shape index (κ1) is 16.0. The van der Waals surface area contributed by atoms with Crippen LogP contribution in [0.25, 0.3) is 0 Å². The third-order valence-corrected chi connectivity index (χ3v) is 4.62. The highest BCUT2D eigenvalue weighted by Crippen LogP contribution is 2.31. The van der Waals surface area contributed by atoms with Gasteiger partial charge in [-0.05, 0) is 45.3 Å². The first-order chi connectivity index (χ1) is 9.97. The van der Waals surface area contributed by atoms with Crippen molar-refractivity contribution in [3.63, 3.8) is 0 Å². The van der Waals surface area contributed by atoms with Gasteiger partial charge in [0.15, 0.2) is 0 Å². The number of aromatic nitrogens is 2. The van der Waals surface area contributed by atoms with Gasteiger partial charge in [0.25, 0.3) is 0 Å². The van der Waals surface area contributed by atoms with Gasteiger partial charge in [0.1, 0.15) is 17.5 Å². The fourth-order valence-corrected chi connectivity index (χ4v) is 2.77. The van der Waals surface area contributed by atoms with Gasteiger partial charge in [0.05, 0.1) is 0 Å². The molecule has 0 aliphatic carbocycles. The van der Waals surface area contributed by atoms with Gasteiger partial charge in [0, 0.05) is 25.6 Å². The van der Waals surface area contributed by atoms with Crippen molar-refractivity contribution in [3.05, 3.63) is 11.4 Å². The number of aryl methyl sites for hydroxylation is 1. The zero-order chi connectivity index (χ0) is 15.5. The number of nitrogens with zero attached hydrogens (tertiary/aromatic N) is 3. The number of likely N-dealkylation sites (tertiary alicyclic amines) is 1. The Bertz CT molecular complexity index is 478. The van der Waals surface area contributed by atoms with E-state index in [0.29, 0.717) is 5.41 Å². The molecule has 118 valence electrons. The average molecular weight is 291 g/mol. The van der Waals surface area contributed by atoms with Crippen molar-refractivity contribution >= 4 is 11.6 Å². The molecular weight excluding hydrogens is 262 g/mol. The summed E-state index contributed by atoms with van der Waals surface area (Å²) >= 11 is 0. The minimum atomic E-state index is 0.357. The lowest BCUT2D eigenvalue weighted by molar-refractivity contribution is 0.150. The maximum atomic E-state index is 4.66. The Balaban J connectivity index is 2.09. The lowest BCUT2D eigenvalue weighted by Crippen LogP contribution is -2.40. The molecule has 0 saturated carbocycles. The molecule has 5 nitrogen and oxygen atoms in total. The van der Waals surface area contributed by atoms with Crippen LogP contribution in [0.4, 0.5) is 11.6 Å². The molecule has 1 aliphatic rings. The predicted octanol–water partition coefficient (Wildman–Crippen LogP) is 2.53. The van der Waals surface area contributed by atoms with Crippen molar-refractivity contribution in [3.8, 4) is 0 Å². The molecule has 0 spiro atoms. The Kier molecular flexibility index (Phi) is 5.04. The SMILES string of the molecule is CCc1nc(NC)c(C)c(NCC2(C)CCN(C)CC2)n1. The van der Waals surface area contributed by atoms with Gasteiger partial charge in [-0.2, -0.15) is 0 Å². The van der Waals surface area contributed by atoms with Crippen LogP contribution in [0.3, 0.4) is 0 Å². The molecule has 0 unspecified atom stereocenters. The summed E-state index contributed by atoms with van der Waals surface area (Å²) in [5, 5.41) is 6.74. The van der Waals surface area contributed by atoms with Gasteiger partial charge in [-0.15, -0.1) is 0 Å².